The van der Waals surface area contributed by atoms with Crippen LogP contribution in [-0.4, -0.2) is 20.7 Å². The normalized spacial score (nSPS) is 20.4. The van der Waals surface area contributed by atoms with Gasteiger partial charge < -0.3 is 0 Å². The molecule has 0 aromatic rings. The van der Waals surface area contributed by atoms with Crippen LogP contribution in [0, 0.1) is 11.3 Å². The van der Waals surface area contributed by atoms with Crippen molar-refractivity contribution in [1.29, 1.82) is 0 Å². The zero-order valence-electron chi connectivity index (χ0n) is 9.41. The molecule has 0 heterocycles. The first kappa shape index (κ1) is 12.5. The fraction of sp³-hybridized carbons (Fsp3) is 0.727. The molecule has 15 heavy (non-hydrogen) atoms. The van der Waals surface area contributed by atoms with Crippen molar-refractivity contribution in [3.8, 4) is 0 Å². The van der Waals surface area contributed by atoms with Crippen LogP contribution < -0.4 is 4.72 Å². The molecule has 3 nitrogen and oxygen atoms in total. The van der Waals surface area contributed by atoms with Gasteiger partial charge in [0.15, 0.2) is 0 Å². The standard InChI is InChI=1S/C11H19NO2S/c1-4-5-6-12-15(13,14)9-10-7-11(2,3)8-10/h5,10,12H,1,6-9H2,2-3H3. The van der Waals surface area contributed by atoms with Crippen LogP contribution in [0.4, 0.5) is 0 Å². The van der Waals surface area contributed by atoms with E-state index in [9.17, 15) is 8.42 Å². The molecule has 0 amide bonds. The highest BCUT2D eigenvalue weighted by Crippen LogP contribution is 2.45. The highest BCUT2D eigenvalue weighted by atomic mass is 32.2. The van der Waals surface area contributed by atoms with Gasteiger partial charge in [-0.1, -0.05) is 20.4 Å². The second-order valence-electron chi connectivity index (χ2n) is 4.98. The minimum Gasteiger partial charge on any atom is -0.212 e. The third kappa shape index (κ3) is 4.20. The molecule has 4 heteroatoms. The summed E-state index contributed by atoms with van der Waals surface area (Å²) in [6.45, 7) is 8.01. The van der Waals surface area contributed by atoms with Crippen LogP contribution in [0.25, 0.3) is 0 Å². The Hall–Kier alpha value is -0.570. The molecule has 0 bridgehead atoms. The van der Waals surface area contributed by atoms with Crippen molar-refractivity contribution in [1.82, 2.24) is 4.72 Å². The topological polar surface area (TPSA) is 46.2 Å². The maximum atomic E-state index is 11.5. The lowest BCUT2D eigenvalue weighted by Crippen LogP contribution is -2.39. The Labute approximate surface area is 92.3 Å². The van der Waals surface area contributed by atoms with Crippen LogP contribution >= 0.6 is 0 Å². The van der Waals surface area contributed by atoms with E-state index in [4.69, 9.17) is 0 Å². The summed E-state index contributed by atoms with van der Waals surface area (Å²) in [5, 5.41) is 0. The summed E-state index contributed by atoms with van der Waals surface area (Å²) in [6, 6.07) is 0. The molecule has 86 valence electrons. The Balaban J connectivity index is 2.35. The molecule has 1 rings (SSSR count). The molecule has 0 aromatic carbocycles. The van der Waals surface area contributed by atoms with E-state index in [0.717, 1.165) is 12.8 Å². The molecule has 1 N–H and O–H groups in total. The maximum Gasteiger partial charge on any atom is 0.212 e. The smallest absolute Gasteiger partial charge is 0.212 e. The molecular formula is C11H19NO2S. The fourth-order valence-electron chi connectivity index (χ4n) is 2.23. The van der Waals surface area contributed by atoms with Gasteiger partial charge >= 0.3 is 0 Å². The van der Waals surface area contributed by atoms with Crippen molar-refractivity contribution < 1.29 is 8.42 Å². The minimum absolute atomic E-state index is 0.251. The van der Waals surface area contributed by atoms with Gasteiger partial charge in [0, 0.05) is 6.54 Å². The van der Waals surface area contributed by atoms with E-state index in [1.807, 2.05) is 0 Å². The predicted molar refractivity (Wildman–Crippen MR) is 62.0 cm³/mol. The van der Waals surface area contributed by atoms with Gasteiger partial charge in [0.05, 0.1) is 5.75 Å². The summed E-state index contributed by atoms with van der Waals surface area (Å²) in [6.07, 6.45) is 3.58. The second-order valence-corrected chi connectivity index (χ2v) is 6.83. The monoisotopic (exact) mass is 229 g/mol. The van der Waals surface area contributed by atoms with Crippen LogP contribution in [0.2, 0.25) is 0 Å². The zero-order valence-corrected chi connectivity index (χ0v) is 10.2. The van der Waals surface area contributed by atoms with E-state index in [1.54, 1.807) is 6.08 Å². The Morgan fingerprint density at radius 1 is 1.53 bits per heavy atom. The molecule has 0 atom stereocenters. The molecular weight excluding hydrogens is 210 g/mol. The summed E-state index contributed by atoms with van der Waals surface area (Å²) >= 11 is 0. The second kappa shape index (κ2) is 4.52. The van der Waals surface area contributed by atoms with Crippen LogP contribution in [-0.2, 0) is 10.0 Å². The van der Waals surface area contributed by atoms with Crippen LogP contribution in [0.5, 0.6) is 0 Å². The van der Waals surface area contributed by atoms with Gasteiger partial charge in [-0.05, 0) is 30.3 Å². The molecule has 0 saturated heterocycles. The Morgan fingerprint density at radius 3 is 2.60 bits per heavy atom. The molecule has 0 spiro atoms. The van der Waals surface area contributed by atoms with Crippen LogP contribution in [0.15, 0.2) is 18.4 Å². The first-order valence-electron chi connectivity index (χ1n) is 5.16. The molecule has 1 aliphatic carbocycles. The van der Waals surface area contributed by atoms with Crippen molar-refractivity contribution in [3.63, 3.8) is 0 Å². The molecule has 0 unspecified atom stereocenters. The van der Waals surface area contributed by atoms with Gasteiger partial charge in [0.2, 0.25) is 10.0 Å². The number of sulfonamides is 1. The fourth-order valence-corrected chi connectivity index (χ4v) is 3.54. The lowest BCUT2D eigenvalue weighted by atomic mass is 9.65. The third-order valence-electron chi connectivity index (χ3n) is 2.69. The van der Waals surface area contributed by atoms with Gasteiger partial charge in [0.25, 0.3) is 0 Å². The van der Waals surface area contributed by atoms with Gasteiger partial charge in [-0.3, -0.25) is 0 Å². The minimum atomic E-state index is -3.11. The van der Waals surface area contributed by atoms with Gasteiger partial charge in [-0.15, -0.1) is 5.73 Å². The summed E-state index contributed by atoms with van der Waals surface area (Å²) in [5.74, 6) is 0.576. The van der Waals surface area contributed by atoms with Crippen LogP contribution in [0.3, 0.4) is 0 Å². The van der Waals surface area contributed by atoms with E-state index < -0.39 is 10.0 Å². The Kier molecular flexibility index (Phi) is 3.77. The summed E-state index contributed by atoms with van der Waals surface area (Å²) in [7, 11) is -3.11. The lowest BCUT2D eigenvalue weighted by molar-refractivity contribution is 0.113. The first-order valence-corrected chi connectivity index (χ1v) is 6.81. The molecule has 0 aromatic heterocycles. The van der Waals surface area contributed by atoms with Gasteiger partial charge in [-0.2, -0.15) is 0 Å². The van der Waals surface area contributed by atoms with E-state index in [-0.39, 0.29) is 5.75 Å². The number of hydrogen-bond acceptors (Lipinski definition) is 2. The quantitative estimate of drug-likeness (QED) is 0.729. The average molecular weight is 229 g/mol. The van der Waals surface area contributed by atoms with Crippen molar-refractivity contribution in [2.75, 3.05) is 12.3 Å². The number of hydrogen-bond donors (Lipinski definition) is 1. The van der Waals surface area contributed by atoms with Gasteiger partial charge in [-0.25, -0.2) is 13.1 Å². The van der Waals surface area contributed by atoms with E-state index in [2.05, 4.69) is 30.9 Å². The highest BCUT2D eigenvalue weighted by Gasteiger charge is 2.38. The Bertz CT molecular complexity index is 356. The van der Waals surface area contributed by atoms with Crippen molar-refractivity contribution in [2.24, 2.45) is 11.3 Å². The maximum absolute atomic E-state index is 11.5. The number of rotatable bonds is 5. The summed E-state index contributed by atoms with van der Waals surface area (Å²) in [5.41, 5.74) is 2.87. The Morgan fingerprint density at radius 2 is 2.13 bits per heavy atom. The molecule has 0 aliphatic heterocycles. The average Bonchev–Trinajstić information content (AvgIpc) is 2.00. The van der Waals surface area contributed by atoms with E-state index in [0.29, 0.717) is 17.9 Å². The summed E-state index contributed by atoms with van der Waals surface area (Å²) < 4.78 is 25.6. The number of nitrogens with one attached hydrogen (secondary N) is 1. The largest absolute Gasteiger partial charge is 0.212 e. The highest BCUT2D eigenvalue weighted by molar-refractivity contribution is 7.89. The SMILES string of the molecule is C=C=CCNS(=O)(=O)CC1CC(C)(C)C1. The molecule has 0 radical (unpaired) electrons. The van der Waals surface area contributed by atoms with E-state index in [1.165, 1.54) is 0 Å². The van der Waals surface area contributed by atoms with Crippen LogP contribution in [0.1, 0.15) is 26.7 Å². The predicted octanol–water partition coefficient (Wildman–Crippen LogP) is 1.68. The third-order valence-corrected chi connectivity index (χ3v) is 4.20. The molecule has 1 aliphatic rings. The van der Waals surface area contributed by atoms with Gasteiger partial charge in [0.1, 0.15) is 0 Å². The van der Waals surface area contributed by atoms with Crippen molar-refractivity contribution in [2.45, 2.75) is 26.7 Å². The first-order chi connectivity index (χ1) is 6.85. The van der Waals surface area contributed by atoms with Crippen molar-refractivity contribution >= 4 is 10.0 Å². The zero-order chi connectivity index (χ0) is 11.5. The molecule has 1 fully saturated rings. The summed E-state index contributed by atoms with van der Waals surface area (Å²) in [4.78, 5) is 0. The molecule has 1 saturated carbocycles. The van der Waals surface area contributed by atoms with E-state index >= 15 is 0 Å². The lowest BCUT2D eigenvalue weighted by Gasteiger charge is -2.42. The van der Waals surface area contributed by atoms with Crippen molar-refractivity contribution in [3.05, 3.63) is 18.4 Å².